The summed E-state index contributed by atoms with van der Waals surface area (Å²) in [6.45, 7) is 9.90. The molecule has 1 atom stereocenters. The molecule has 1 saturated heterocycles. The third-order valence-corrected chi connectivity index (χ3v) is 2.16. The second-order valence-electron chi connectivity index (χ2n) is 5.58. The van der Waals surface area contributed by atoms with E-state index >= 15 is 0 Å². The summed E-state index contributed by atoms with van der Waals surface area (Å²) < 4.78 is 16.2. The van der Waals surface area contributed by atoms with Crippen LogP contribution in [0.4, 0.5) is 0 Å². The standard InChI is InChI=1S/C12H22O4/c1-11(2,3)16-10(13)7-6-9-8-14-12(4,5)15-9/h9H,6-8H2,1-5H3. The van der Waals surface area contributed by atoms with Crippen LogP contribution in [-0.2, 0) is 19.0 Å². The van der Waals surface area contributed by atoms with Crippen LogP contribution in [0.25, 0.3) is 0 Å². The monoisotopic (exact) mass is 230 g/mol. The van der Waals surface area contributed by atoms with Gasteiger partial charge in [-0.2, -0.15) is 0 Å². The van der Waals surface area contributed by atoms with Crippen LogP contribution < -0.4 is 0 Å². The fourth-order valence-electron chi connectivity index (χ4n) is 1.58. The second kappa shape index (κ2) is 4.72. The van der Waals surface area contributed by atoms with Crippen LogP contribution in [0.5, 0.6) is 0 Å². The van der Waals surface area contributed by atoms with Gasteiger partial charge >= 0.3 is 5.97 Å². The van der Waals surface area contributed by atoms with Crippen molar-refractivity contribution in [1.29, 1.82) is 0 Å². The summed E-state index contributed by atoms with van der Waals surface area (Å²) in [6.07, 6.45) is 1.03. The molecule has 0 aliphatic carbocycles. The molecule has 0 spiro atoms. The number of rotatable bonds is 3. The van der Waals surface area contributed by atoms with Gasteiger partial charge in [0, 0.05) is 6.42 Å². The van der Waals surface area contributed by atoms with Gasteiger partial charge in [0.2, 0.25) is 0 Å². The summed E-state index contributed by atoms with van der Waals surface area (Å²) in [7, 11) is 0. The van der Waals surface area contributed by atoms with E-state index in [2.05, 4.69) is 0 Å². The van der Waals surface area contributed by atoms with E-state index in [1.54, 1.807) is 0 Å². The Bertz CT molecular complexity index is 252. The molecule has 1 unspecified atom stereocenters. The maximum absolute atomic E-state index is 11.5. The largest absolute Gasteiger partial charge is 0.460 e. The molecule has 94 valence electrons. The van der Waals surface area contributed by atoms with Gasteiger partial charge in [-0.15, -0.1) is 0 Å². The summed E-state index contributed by atoms with van der Waals surface area (Å²) in [5.74, 6) is -0.695. The average Bonchev–Trinajstić information content (AvgIpc) is 2.39. The minimum absolute atomic E-state index is 0.00233. The molecule has 0 radical (unpaired) electrons. The molecule has 1 aliphatic rings. The van der Waals surface area contributed by atoms with Crippen molar-refractivity contribution in [2.75, 3.05) is 6.61 Å². The fraction of sp³-hybridized carbons (Fsp3) is 0.917. The summed E-state index contributed by atoms with van der Waals surface area (Å²) in [6, 6.07) is 0. The highest BCUT2D eigenvalue weighted by atomic mass is 16.7. The molecule has 0 saturated carbocycles. The zero-order valence-corrected chi connectivity index (χ0v) is 10.8. The van der Waals surface area contributed by atoms with E-state index in [-0.39, 0.29) is 12.1 Å². The molecular formula is C12H22O4. The first-order valence-electron chi connectivity index (χ1n) is 5.72. The van der Waals surface area contributed by atoms with Gasteiger partial charge in [0.25, 0.3) is 0 Å². The predicted molar refractivity (Wildman–Crippen MR) is 60.0 cm³/mol. The van der Waals surface area contributed by atoms with Crippen molar-refractivity contribution < 1.29 is 19.0 Å². The molecule has 0 amide bonds. The normalized spacial score (nSPS) is 24.4. The second-order valence-corrected chi connectivity index (χ2v) is 5.58. The van der Waals surface area contributed by atoms with Crippen LogP contribution in [-0.4, -0.2) is 30.1 Å². The van der Waals surface area contributed by atoms with Gasteiger partial charge in [-0.25, -0.2) is 0 Å². The molecular weight excluding hydrogens is 208 g/mol. The van der Waals surface area contributed by atoms with Crippen molar-refractivity contribution in [2.45, 2.75) is 65.0 Å². The Hall–Kier alpha value is -0.610. The van der Waals surface area contributed by atoms with Gasteiger partial charge in [0.1, 0.15) is 5.60 Å². The Morgan fingerprint density at radius 3 is 2.50 bits per heavy atom. The molecule has 0 N–H and O–H groups in total. The van der Waals surface area contributed by atoms with Crippen LogP contribution >= 0.6 is 0 Å². The van der Waals surface area contributed by atoms with E-state index in [1.807, 2.05) is 34.6 Å². The molecule has 1 rings (SSSR count). The summed E-state index contributed by atoms with van der Waals surface area (Å²) in [4.78, 5) is 11.5. The van der Waals surface area contributed by atoms with Crippen LogP contribution in [0, 0.1) is 0 Å². The van der Waals surface area contributed by atoms with Crippen molar-refractivity contribution in [3.63, 3.8) is 0 Å². The quantitative estimate of drug-likeness (QED) is 0.698. The molecule has 0 aromatic heterocycles. The third kappa shape index (κ3) is 4.94. The van der Waals surface area contributed by atoms with Crippen LogP contribution in [0.2, 0.25) is 0 Å². The molecule has 0 aromatic carbocycles. The first-order valence-corrected chi connectivity index (χ1v) is 5.72. The van der Waals surface area contributed by atoms with Gasteiger partial charge in [-0.05, 0) is 41.0 Å². The lowest BCUT2D eigenvalue weighted by Gasteiger charge is -2.20. The van der Waals surface area contributed by atoms with Crippen LogP contribution in [0.1, 0.15) is 47.5 Å². The minimum Gasteiger partial charge on any atom is -0.460 e. The lowest BCUT2D eigenvalue weighted by Crippen LogP contribution is -2.25. The van der Waals surface area contributed by atoms with Gasteiger partial charge in [-0.1, -0.05) is 0 Å². The van der Waals surface area contributed by atoms with Crippen molar-refractivity contribution in [2.24, 2.45) is 0 Å². The summed E-state index contributed by atoms with van der Waals surface area (Å²) >= 11 is 0. The van der Waals surface area contributed by atoms with E-state index in [9.17, 15) is 4.79 Å². The lowest BCUT2D eigenvalue weighted by atomic mass is 10.1. The van der Waals surface area contributed by atoms with E-state index in [1.165, 1.54) is 0 Å². The highest BCUT2D eigenvalue weighted by molar-refractivity contribution is 5.69. The minimum atomic E-state index is -0.515. The number of hydrogen-bond donors (Lipinski definition) is 0. The smallest absolute Gasteiger partial charge is 0.306 e. The lowest BCUT2D eigenvalue weighted by molar-refractivity contribution is -0.157. The molecule has 1 heterocycles. The van der Waals surface area contributed by atoms with Crippen LogP contribution in [0.15, 0.2) is 0 Å². The summed E-state index contributed by atoms with van der Waals surface area (Å²) in [5.41, 5.74) is -0.413. The number of carbonyl (C=O) groups is 1. The zero-order valence-electron chi connectivity index (χ0n) is 10.8. The molecule has 1 fully saturated rings. The predicted octanol–water partition coefficient (Wildman–Crippen LogP) is 2.26. The third-order valence-electron chi connectivity index (χ3n) is 2.16. The number of esters is 1. The Morgan fingerprint density at radius 2 is 2.06 bits per heavy atom. The Labute approximate surface area is 97.2 Å². The van der Waals surface area contributed by atoms with Crippen LogP contribution in [0.3, 0.4) is 0 Å². The molecule has 16 heavy (non-hydrogen) atoms. The maximum atomic E-state index is 11.5. The Kier molecular flexibility index (Phi) is 3.97. The van der Waals surface area contributed by atoms with Gasteiger partial charge in [0.05, 0.1) is 12.7 Å². The van der Waals surface area contributed by atoms with E-state index in [0.29, 0.717) is 19.4 Å². The fourth-order valence-corrected chi connectivity index (χ4v) is 1.58. The Balaban J connectivity index is 2.23. The highest BCUT2D eigenvalue weighted by Crippen LogP contribution is 2.25. The average molecular weight is 230 g/mol. The van der Waals surface area contributed by atoms with Gasteiger partial charge in [-0.3, -0.25) is 4.79 Å². The SMILES string of the molecule is CC(C)(C)OC(=O)CCC1COC(C)(C)O1. The van der Waals surface area contributed by atoms with Crippen molar-refractivity contribution in [1.82, 2.24) is 0 Å². The van der Waals surface area contributed by atoms with Crippen molar-refractivity contribution in [3.05, 3.63) is 0 Å². The molecule has 4 nitrogen and oxygen atoms in total. The first-order chi connectivity index (χ1) is 7.18. The topological polar surface area (TPSA) is 44.8 Å². The Morgan fingerprint density at radius 1 is 1.44 bits per heavy atom. The zero-order chi connectivity index (χ0) is 12.4. The van der Waals surface area contributed by atoms with Gasteiger partial charge in [0.15, 0.2) is 5.79 Å². The van der Waals surface area contributed by atoms with Gasteiger partial charge < -0.3 is 14.2 Å². The molecule has 4 heteroatoms. The maximum Gasteiger partial charge on any atom is 0.306 e. The highest BCUT2D eigenvalue weighted by Gasteiger charge is 2.32. The molecule has 0 bridgehead atoms. The van der Waals surface area contributed by atoms with E-state index < -0.39 is 11.4 Å². The molecule has 0 aromatic rings. The first kappa shape index (κ1) is 13.5. The number of hydrogen-bond acceptors (Lipinski definition) is 4. The van der Waals surface area contributed by atoms with E-state index in [0.717, 1.165) is 0 Å². The summed E-state index contributed by atoms with van der Waals surface area (Å²) in [5, 5.41) is 0. The van der Waals surface area contributed by atoms with E-state index in [4.69, 9.17) is 14.2 Å². The molecule has 1 aliphatic heterocycles. The number of ether oxygens (including phenoxy) is 3. The van der Waals surface area contributed by atoms with Crippen molar-refractivity contribution in [3.8, 4) is 0 Å². The number of carbonyl (C=O) groups excluding carboxylic acids is 1. The van der Waals surface area contributed by atoms with Crippen molar-refractivity contribution >= 4 is 5.97 Å².